The lowest BCUT2D eigenvalue weighted by Gasteiger charge is -2.13. The Balaban J connectivity index is 2.22. The first kappa shape index (κ1) is 14.1. The molecule has 0 radical (unpaired) electrons. The van der Waals surface area contributed by atoms with E-state index in [-0.39, 0.29) is 18.2 Å². The molecular weight excluding hydrogens is 238 g/mol. The molecular formula is C10H17N5O3. The van der Waals surface area contributed by atoms with Crippen LogP contribution in [-0.2, 0) is 4.79 Å². The number of hydrogen-bond donors (Lipinski definition) is 3. The van der Waals surface area contributed by atoms with Crippen molar-refractivity contribution in [1.29, 1.82) is 0 Å². The summed E-state index contributed by atoms with van der Waals surface area (Å²) in [7, 11) is 0. The number of carbonyl (C=O) groups excluding carboxylic acids is 1. The smallest absolute Gasteiger partial charge is 0.303 e. The first-order chi connectivity index (χ1) is 8.63. The maximum Gasteiger partial charge on any atom is 0.303 e. The van der Waals surface area contributed by atoms with Crippen LogP contribution < -0.4 is 5.32 Å². The summed E-state index contributed by atoms with van der Waals surface area (Å²) in [6.45, 7) is 2.49. The second-order valence-electron chi connectivity index (χ2n) is 3.99. The van der Waals surface area contributed by atoms with Gasteiger partial charge in [0, 0.05) is 13.0 Å². The van der Waals surface area contributed by atoms with Gasteiger partial charge in [0.1, 0.15) is 0 Å². The van der Waals surface area contributed by atoms with E-state index < -0.39 is 5.97 Å². The lowest BCUT2D eigenvalue weighted by Crippen LogP contribution is -2.27. The van der Waals surface area contributed by atoms with Gasteiger partial charge in [0.15, 0.2) is 0 Å². The third kappa shape index (κ3) is 4.89. The maximum absolute atomic E-state index is 11.5. The molecule has 1 amide bonds. The summed E-state index contributed by atoms with van der Waals surface area (Å²) in [5, 5.41) is 23.9. The van der Waals surface area contributed by atoms with Gasteiger partial charge < -0.3 is 10.4 Å². The molecule has 1 unspecified atom stereocenters. The molecule has 1 heterocycles. The summed E-state index contributed by atoms with van der Waals surface area (Å²) in [5.74, 6) is -0.860. The molecule has 1 aromatic rings. The molecule has 18 heavy (non-hydrogen) atoms. The molecule has 0 aromatic carbocycles. The Labute approximate surface area is 104 Å². The molecule has 100 valence electrons. The van der Waals surface area contributed by atoms with Gasteiger partial charge in [0.05, 0.1) is 0 Å². The van der Waals surface area contributed by atoms with Crippen molar-refractivity contribution in [3.63, 3.8) is 0 Å². The van der Waals surface area contributed by atoms with Crippen LogP contribution in [0.1, 0.15) is 43.2 Å². The summed E-state index contributed by atoms with van der Waals surface area (Å²) in [5.41, 5.74) is 0. The van der Waals surface area contributed by atoms with E-state index in [4.69, 9.17) is 5.11 Å². The van der Waals surface area contributed by atoms with Gasteiger partial charge in [-0.1, -0.05) is 13.3 Å². The maximum atomic E-state index is 11.5. The number of aromatic nitrogens is 4. The lowest BCUT2D eigenvalue weighted by atomic mass is 9.97. The van der Waals surface area contributed by atoms with Gasteiger partial charge in [-0.3, -0.25) is 9.59 Å². The second-order valence-corrected chi connectivity index (χ2v) is 3.99. The Kier molecular flexibility index (Phi) is 5.75. The fourth-order valence-electron chi connectivity index (χ4n) is 1.61. The number of carbonyl (C=O) groups is 2. The first-order valence-corrected chi connectivity index (χ1v) is 5.87. The van der Waals surface area contributed by atoms with E-state index in [2.05, 4.69) is 25.9 Å². The van der Waals surface area contributed by atoms with Crippen LogP contribution in [0.3, 0.4) is 0 Å². The number of rotatable bonds is 8. The molecule has 8 nitrogen and oxygen atoms in total. The summed E-state index contributed by atoms with van der Waals surface area (Å²) < 4.78 is 0. The Bertz CT molecular complexity index is 379. The Hall–Kier alpha value is -1.99. The minimum Gasteiger partial charge on any atom is -0.481 e. The van der Waals surface area contributed by atoms with Gasteiger partial charge in [0.2, 0.25) is 0 Å². The zero-order valence-corrected chi connectivity index (χ0v) is 10.2. The molecule has 0 bridgehead atoms. The van der Waals surface area contributed by atoms with Gasteiger partial charge >= 0.3 is 5.97 Å². The van der Waals surface area contributed by atoms with Crippen LogP contribution in [0.5, 0.6) is 0 Å². The van der Waals surface area contributed by atoms with Crippen LogP contribution in [-0.4, -0.2) is 44.2 Å². The number of nitrogens with one attached hydrogen (secondary N) is 2. The highest BCUT2D eigenvalue weighted by molar-refractivity contribution is 5.89. The number of nitrogens with zero attached hydrogens (tertiary/aromatic N) is 3. The average molecular weight is 255 g/mol. The third-order valence-electron chi connectivity index (χ3n) is 2.73. The van der Waals surface area contributed by atoms with E-state index in [1.54, 1.807) is 0 Å². The van der Waals surface area contributed by atoms with Gasteiger partial charge in [-0.05, 0) is 24.0 Å². The molecule has 1 atom stereocenters. The van der Waals surface area contributed by atoms with Crippen molar-refractivity contribution in [2.45, 2.75) is 32.6 Å². The van der Waals surface area contributed by atoms with Gasteiger partial charge in [-0.15, -0.1) is 10.2 Å². The highest BCUT2D eigenvalue weighted by Gasteiger charge is 2.12. The zero-order chi connectivity index (χ0) is 13.4. The van der Waals surface area contributed by atoms with E-state index in [0.29, 0.717) is 18.9 Å². The number of carboxylic acids is 1. The van der Waals surface area contributed by atoms with Crippen molar-refractivity contribution < 1.29 is 14.7 Å². The summed E-state index contributed by atoms with van der Waals surface area (Å²) in [6.07, 6.45) is 2.43. The molecule has 0 saturated carbocycles. The molecule has 1 rings (SSSR count). The molecule has 0 spiro atoms. The zero-order valence-electron chi connectivity index (χ0n) is 10.2. The Morgan fingerprint density at radius 2 is 2.22 bits per heavy atom. The van der Waals surface area contributed by atoms with Gasteiger partial charge in [-0.2, -0.15) is 5.21 Å². The fourth-order valence-corrected chi connectivity index (χ4v) is 1.61. The predicted molar refractivity (Wildman–Crippen MR) is 61.8 cm³/mol. The number of H-pyrrole nitrogens is 1. The number of amides is 1. The van der Waals surface area contributed by atoms with Gasteiger partial charge in [-0.25, -0.2) is 0 Å². The largest absolute Gasteiger partial charge is 0.481 e. The minimum atomic E-state index is -0.788. The van der Waals surface area contributed by atoms with Crippen LogP contribution in [0.4, 0.5) is 0 Å². The van der Waals surface area contributed by atoms with Crippen molar-refractivity contribution in [2.75, 3.05) is 6.54 Å². The van der Waals surface area contributed by atoms with Crippen molar-refractivity contribution in [3.05, 3.63) is 5.82 Å². The topological polar surface area (TPSA) is 121 Å². The average Bonchev–Trinajstić information content (AvgIpc) is 2.86. The minimum absolute atomic E-state index is 0.00795. The number of carboxylic acid groups (broad SMARTS) is 1. The van der Waals surface area contributed by atoms with Crippen LogP contribution in [0, 0.1) is 5.92 Å². The quantitative estimate of drug-likeness (QED) is 0.610. The van der Waals surface area contributed by atoms with Crippen LogP contribution in [0.15, 0.2) is 0 Å². The van der Waals surface area contributed by atoms with Crippen molar-refractivity contribution in [3.8, 4) is 0 Å². The molecule has 0 aliphatic rings. The highest BCUT2D eigenvalue weighted by Crippen LogP contribution is 2.14. The SMILES string of the molecule is CCC(CCNC(=O)c1nn[nH]n1)CCC(=O)O. The normalized spacial score (nSPS) is 12.1. The summed E-state index contributed by atoms with van der Waals surface area (Å²) >= 11 is 0. The van der Waals surface area contributed by atoms with E-state index in [1.165, 1.54) is 0 Å². The fraction of sp³-hybridized carbons (Fsp3) is 0.700. The first-order valence-electron chi connectivity index (χ1n) is 5.87. The second kappa shape index (κ2) is 7.36. The Morgan fingerprint density at radius 3 is 2.78 bits per heavy atom. The molecule has 8 heteroatoms. The van der Waals surface area contributed by atoms with Crippen LogP contribution in [0.2, 0.25) is 0 Å². The van der Waals surface area contributed by atoms with E-state index in [9.17, 15) is 9.59 Å². The molecule has 0 saturated heterocycles. The van der Waals surface area contributed by atoms with Crippen molar-refractivity contribution >= 4 is 11.9 Å². The molecule has 3 N–H and O–H groups in total. The van der Waals surface area contributed by atoms with Crippen molar-refractivity contribution in [2.24, 2.45) is 5.92 Å². The van der Waals surface area contributed by atoms with E-state index >= 15 is 0 Å². The number of tetrazole rings is 1. The summed E-state index contributed by atoms with van der Waals surface area (Å²) in [6, 6.07) is 0. The standard InChI is InChI=1S/C10H17N5O3/c1-2-7(3-4-8(16)17)5-6-11-10(18)9-12-14-15-13-9/h7H,2-6H2,1H3,(H,11,18)(H,16,17)(H,12,13,14,15). The molecule has 0 aliphatic carbocycles. The predicted octanol–water partition coefficient (Wildman–Crippen LogP) is 0.211. The molecule has 1 aromatic heterocycles. The Morgan fingerprint density at radius 1 is 1.44 bits per heavy atom. The third-order valence-corrected chi connectivity index (χ3v) is 2.73. The monoisotopic (exact) mass is 255 g/mol. The number of aromatic amines is 1. The summed E-state index contributed by atoms with van der Waals surface area (Å²) in [4.78, 5) is 21.9. The number of hydrogen-bond acceptors (Lipinski definition) is 5. The van der Waals surface area contributed by atoms with Crippen molar-refractivity contribution in [1.82, 2.24) is 25.9 Å². The van der Waals surface area contributed by atoms with Crippen LogP contribution >= 0.6 is 0 Å². The lowest BCUT2D eigenvalue weighted by molar-refractivity contribution is -0.137. The number of aliphatic carboxylic acids is 1. The highest BCUT2D eigenvalue weighted by atomic mass is 16.4. The van der Waals surface area contributed by atoms with E-state index in [0.717, 1.165) is 12.8 Å². The molecule has 0 fully saturated rings. The molecule has 0 aliphatic heterocycles. The van der Waals surface area contributed by atoms with E-state index in [1.807, 2.05) is 6.92 Å². The van der Waals surface area contributed by atoms with Crippen LogP contribution in [0.25, 0.3) is 0 Å². The van der Waals surface area contributed by atoms with Gasteiger partial charge in [0.25, 0.3) is 11.7 Å².